The normalized spacial score (nSPS) is 10.5. The van der Waals surface area contributed by atoms with Crippen LogP contribution in [-0.2, 0) is 0 Å². The van der Waals surface area contributed by atoms with Crippen molar-refractivity contribution in [2.75, 3.05) is 11.1 Å². The predicted molar refractivity (Wildman–Crippen MR) is 75.3 cm³/mol. The summed E-state index contributed by atoms with van der Waals surface area (Å²) in [6.07, 6.45) is 0. The van der Waals surface area contributed by atoms with Gasteiger partial charge in [0.1, 0.15) is 5.75 Å². The summed E-state index contributed by atoms with van der Waals surface area (Å²) in [5.41, 5.74) is 8.20. The second kappa shape index (κ2) is 4.45. The van der Waals surface area contributed by atoms with Crippen LogP contribution in [0.1, 0.15) is 0 Å². The van der Waals surface area contributed by atoms with E-state index in [1.807, 2.05) is 24.3 Å². The van der Waals surface area contributed by atoms with Crippen molar-refractivity contribution >= 4 is 28.4 Å². The number of anilines is 3. The number of para-hydroxylation sites is 2. The minimum atomic E-state index is 0.211. The molecule has 0 fully saturated rings. The van der Waals surface area contributed by atoms with E-state index in [1.54, 1.807) is 24.3 Å². The smallest absolute Gasteiger partial charge is 0.174 e. The molecular weight excluding hydrogens is 240 g/mol. The number of nitrogens with one attached hydrogen (secondary N) is 1. The lowest BCUT2D eigenvalue weighted by atomic mass is 10.3. The molecule has 1 aromatic heterocycles. The van der Waals surface area contributed by atoms with Gasteiger partial charge in [0, 0.05) is 5.69 Å². The molecule has 3 rings (SSSR count). The molecule has 0 aliphatic rings. The molecule has 5 heteroatoms. The Kier molecular flexibility index (Phi) is 2.64. The number of benzene rings is 2. The van der Waals surface area contributed by atoms with Crippen LogP contribution in [0.2, 0.25) is 0 Å². The molecular formula is C14H12N4O. The average molecular weight is 252 g/mol. The van der Waals surface area contributed by atoms with Crippen LogP contribution in [0.3, 0.4) is 0 Å². The highest BCUT2D eigenvalue weighted by Gasteiger charge is 2.05. The third-order valence-corrected chi connectivity index (χ3v) is 2.73. The molecule has 0 bridgehead atoms. The van der Waals surface area contributed by atoms with Crippen molar-refractivity contribution in [3.63, 3.8) is 0 Å². The van der Waals surface area contributed by atoms with Gasteiger partial charge in [0.25, 0.3) is 0 Å². The van der Waals surface area contributed by atoms with E-state index in [0.717, 1.165) is 16.7 Å². The fraction of sp³-hybridized carbons (Fsp3) is 0. The first-order valence-corrected chi connectivity index (χ1v) is 5.81. The van der Waals surface area contributed by atoms with Crippen LogP contribution >= 0.6 is 0 Å². The highest BCUT2D eigenvalue weighted by Crippen LogP contribution is 2.23. The van der Waals surface area contributed by atoms with E-state index in [2.05, 4.69) is 15.3 Å². The minimum Gasteiger partial charge on any atom is -0.508 e. The number of nitrogens with two attached hydrogens (primary N) is 1. The van der Waals surface area contributed by atoms with Crippen LogP contribution in [0.25, 0.3) is 11.0 Å². The number of phenols is 1. The number of rotatable bonds is 2. The molecule has 0 saturated carbocycles. The molecule has 5 nitrogen and oxygen atoms in total. The Balaban J connectivity index is 2.00. The zero-order valence-electron chi connectivity index (χ0n) is 10.0. The lowest BCUT2D eigenvalue weighted by molar-refractivity contribution is 0.475. The molecule has 94 valence electrons. The number of hydrogen-bond donors (Lipinski definition) is 3. The van der Waals surface area contributed by atoms with E-state index in [4.69, 9.17) is 5.73 Å². The molecule has 0 atom stereocenters. The van der Waals surface area contributed by atoms with Crippen molar-refractivity contribution in [3.8, 4) is 5.75 Å². The number of fused-ring (bicyclic) bond motifs is 1. The Morgan fingerprint density at radius 3 is 2.21 bits per heavy atom. The Labute approximate surface area is 109 Å². The molecule has 0 radical (unpaired) electrons. The molecule has 2 aromatic carbocycles. The second-order valence-electron chi connectivity index (χ2n) is 4.12. The predicted octanol–water partition coefficient (Wildman–Crippen LogP) is 2.66. The number of phenolic OH excluding ortho intramolecular Hbond substituents is 1. The van der Waals surface area contributed by atoms with Crippen molar-refractivity contribution in [1.82, 2.24) is 9.97 Å². The van der Waals surface area contributed by atoms with Gasteiger partial charge in [-0.05, 0) is 36.4 Å². The van der Waals surface area contributed by atoms with Gasteiger partial charge in [-0.15, -0.1) is 0 Å². The Hall–Kier alpha value is -2.82. The number of nitrogens with zero attached hydrogens (tertiary/aromatic N) is 2. The first-order valence-electron chi connectivity index (χ1n) is 5.81. The highest BCUT2D eigenvalue weighted by atomic mass is 16.3. The number of aromatic nitrogens is 2. The maximum Gasteiger partial charge on any atom is 0.174 e. The third-order valence-electron chi connectivity index (χ3n) is 2.73. The van der Waals surface area contributed by atoms with Crippen LogP contribution in [0.4, 0.5) is 17.3 Å². The van der Waals surface area contributed by atoms with Gasteiger partial charge in [-0.2, -0.15) is 0 Å². The van der Waals surface area contributed by atoms with Crippen molar-refractivity contribution in [2.45, 2.75) is 0 Å². The summed E-state index contributed by atoms with van der Waals surface area (Å²) in [6.45, 7) is 0. The molecule has 1 heterocycles. The summed E-state index contributed by atoms with van der Waals surface area (Å²) >= 11 is 0. The Morgan fingerprint density at radius 2 is 1.53 bits per heavy atom. The van der Waals surface area contributed by atoms with Crippen LogP contribution in [0.15, 0.2) is 48.5 Å². The number of hydrogen-bond acceptors (Lipinski definition) is 5. The van der Waals surface area contributed by atoms with E-state index in [0.29, 0.717) is 11.6 Å². The molecule has 0 spiro atoms. The maximum absolute atomic E-state index is 9.24. The SMILES string of the molecule is Nc1nc2ccccc2nc1Nc1ccc(O)cc1. The van der Waals surface area contributed by atoms with Crippen LogP contribution in [0.5, 0.6) is 5.75 Å². The quantitative estimate of drug-likeness (QED) is 0.611. The monoisotopic (exact) mass is 252 g/mol. The van der Waals surface area contributed by atoms with E-state index < -0.39 is 0 Å². The van der Waals surface area contributed by atoms with Gasteiger partial charge in [0.2, 0.25) is 0 Å². The van der Waals surface area contributed by atoms with Crippen molar-refractivity contribution in [1.29, 1.82) is 0 Å². The minimum absolute atomic E-state index is 0.211. The van der Waals surface area contributed by atoms with Crippen LogP contribution in [0, 0.1) is 0 Å². The van der Waals surface area contributed by atoms with Crippen LogP contribution in [-0.4, -0.2) is 15.1 Å². The second-order valence-corrected chi connectivity index (χ2v) is 4.12. The summed E-state index contributed by atoms with van der Waals surface area (Å²) in [4.78, 5) is 8.72. The topological polar surface area (TPSA) is 84.1 Å². The maximum atomic E-state index is 9.24. The summed E-state index contributed by atoms with van der Waals surface area (Å²) < 4.78 is 0. The fourth-order valence-corrected chi connectivity index (χ4v) is 1.79. The summed E-state index contributed by atoms with van der Waals surface area (Å²) in [5.74, 6) is 1.05. The summed E-state index contributed by atoms with van der Waals surface area (Å²) in [7, 11) is 0. The lowest BCUT2D eigenvalue weighted by Gasteiger charge is -2.09. The molecule has 0 aliphatic heterocycles. The Morgan fingerprint density at radius 1 is 0.895 bits per heavy atom. The zero-order valence-corrected chi connectivity index (χ0v) is 10.0. The van der Waals surface area contributed by atoms with Crippen molar-refractivity contribution < 1.29 is 5.11 Å². The average Bonchev–Trinajstić information content (AvgIpc) is 2.42. The van der Waals surface area contributed by atoms with E-state index in [9.17, 15) is 5.11 Å². The lowest BCUT2D eigenvalue weighted by Crippen LogP contribution is -2.02. The molecule has 0 amide bonds. The number of nitrogen functional groups attached to an aromatic ring is 1. The number of aromatic hydroxyl groups is 1. The van der Waals surface area contributed by atoms with Crippen LogP contribution < -0.4 is 11.1 Å². The van der Waals surface area contributed by atoms with Gasteiger partial charge in [-0.1, -0.05) is 12.1 Å². The van der Waals surface area contributed by atoms with Gasteiger partial charge >= 0.3 is 0 Å². The summed E-state index contributed by atoms with van der Waals surface area (Å²) in [6, 6.07) is 14.2. The Bertz CT molecular complexity index is 725. The van der Waals surface area contributed by atoms with Gasteiger partial charge < -0.3 is 16.2 Å². The fourth-order valence-electron chi connectivity index (χ4n) is 1.79. The first-order chi connectivity index (χ1) is 9.22. The molecule has 3 aromatic rings. The molecule has 0 saturated heterocycles. The first kappa shape index (κ1) is 11.3. The molecule has 4 N–H and O–H groups in total. The van der Waals surface area contributed by atoms with Crippen molar-refractivity contribution in [3.05, 3.63) is 48.5 Å². The third kappa shape index (κ3) is 2.26. The van der Waals surface area contributed by atoms with E-state index in [1.165, 1.54) is 0 Å². The van der Waals surface area contributed by atoms with E-state index >= 15 is 0 Å². The molecule has 0 aliphatic carbocycles. The van der Waals surface area contributed by atoms with Crippen molar-refractivity contribution in [2.24, 2.45) is 0 Å². The molecule has 19 heavy (non-hydrogen) atoms. The van der Waals surface area contributed by atoms with Gasteiger partial charge in [-0.3, -0.25) is 0 Å². The zero-order chi connectivity index (χ0) is 13.2. The molecule has 0 unspecified atom stereocenters. The largest absolute Gasteiger partial charge is 0.508 e. The highest BCUT2D eigenvalue weighted by molar-refractivity contribution is 5.80. The van der Waals surface area contributed by atoms with E-state index in [-0.39, 0.29) is 5.75 Å². The van der Waals surface area contributed by atoms with Gasteiger partial charge in [-0.25, -0.2) is 9.97 Å². The van der Waals surface area contributed by atoms with Gasteiger partial charge in [0.15, 0.2) is 11.6 Å². The summed E-state index contributed by atoms with van der Waals surface area (Å²) in [5, 5.41) is 12.3. The van der Waals surface area contributed by atoms with Gasteiger partial charge in [0.05, 0.1) is 11.0 Å². The standard InChI is InChI=1S/C14H12N4O/c15-13-14(16-9-5-7-10(19)8-6-9)18-12-4-2-1-3-11(12)17-13/h1-8,19H,(H2,15,17)(H,16,18).